The van der Waals surface area contributed by atoms with Crippen LogP contribution in [0.5, 0.6) is 0 Å². The van der Waals surface area contributed by atoms with Crippen molar-refractivity contribution in [1.82, 2.24) is 5.32 Å². The van der Waals surface area contributed by atoms with Gasteiger partial charge in [0, 0.05) is 18.1 Å². The molecular formula is C17H27NO. The standard InChI is InChI=1S/C17H27NO/c1-4-18-16(14-9-8-12-19-13-14)17(2,3)15-10-6-5-7-11-15/h5-7,10-11,14,16,18H,4,8-9,12-13H2,1-3H3. The molecule has 0 bridgehead atoms. The molecule has 0 spiro atoms. The summed E-state index contributed by atoms with van der Waals surface area (Å²) < 4.78 is 5.70. The molecule has 2 rings (SSSR count). The lowest BCUT2D eigenvalue weighted by atomic mass is 9.71. The van der Waals surface area contributed by atoms with Gasteiger partial charge in [0.1, 0.15) is 0 Å². The number of benzene rings is 1. The zero-order chi connectivity index (χ0) is 13.7. The zero-order valence-corrected chi connectivity index (χ0v) is 12.5. The van der Waals surface area contributed by atoms with Crippen molar-refractivity contribution in [2.45, 2.75) is 45.1 Å². The molecule has 1 heterocycles. The SMILES string of the molecule is CCNC(C1CCCOC1)C(C)(C)c1ccccc1. The third-order valence-electron chi connectivity index (χ3n) is 4.39. The van der Waals surface area contributed by atoms with E-state index in [0.29, 0.717) is 12.0 Å². The van der Waals surface area contributed by atoms with Gasteiger partial charge in [0.2, 0.25) is 0 Å². The third kappa shape index (κ3) is 3.37. The minimum atomic E-state index is 0.128. The average Bonchev–Trinajstić information content (AvgIpc) is 2.46. The zero-order valence-electron chi connectivity index (χ0n) is 12.5. The van der Waals surface area contributed by atoms with E-state index in [1.54, 1.807) is 0 Å². The molecule has 1 aromatic rings. The first-order valence-electron chi connectivity index (χ1n) is 7.53. The summed E-state index contributed by atoms with van der Waals surface area (Å²) in [5, 5.41) is 3.71. The van der Waals surface area contributed by atoms with Gasteiger partial charge in [-0.05, 0) is 30.9 Å². The molecule has 19 heavy (non-hydrogen) atoms. The van der Waals surface area contributed by atoms with Crippen LogP contribution in [0.25, 0.3) is 0 Å². The highest BCUT2D eigenvalue weighted by atomic mass is 16.5. The highest BCUT2D eigenvalue weighted by Gasteiger charge is 2.37. The largest absolute Gasteiger partial charge is 0.381 e. The van der Waals surface area contributed by atoms with E-state index in [0.717, 1.165) is 19.8 Å². The van der Waals surface area contributed by atoms with Crippen molar-refractivity contribution in [1.29, 1.82) is 0 Å². The second-order valence-corrected chi connectivity index (χ2v) is 6.10. The Bertz CT molecular complexity index is 368. The Labute approximate surface area is 117 Å². The second-order valence-electron chi connectivity index (χ2n) is 6.10. The molecular weight excluding hydrogens is 234 g/mol. The van der Waals surface area contributed by atoms with Gasteiger partial charge < -0.3 is 10.1 Å². The van der Waals surface area contributed by atoms with Gasteiger partial charge in [0.25, 0.3) is 0 Å². The maximum atomic E-state index is 5.70. The number of hydrogen-bond donors (Lipinski definition) is 1. The third-order valence-corrected chi connectivity index (χ3v) is 4.39. The molecule has 2 unspecified atom stereocenters. The number of hydrogen-bond acceptors (Lipinski definition) is 2. The molecule has 0 aromatic heterocycles. The van der Waals surface area contributed by atoms with Gasteiger partial charge in [-0.25, -0.2) is 0 Å². The fourth-order valence-corrected chi connectivity index (χ4v) is 3.31. The number of nitrogens with one attached hydrogen (secondary N) is 1. The van der Waals surface area contributed by atoms with E-state index in [-0.39, 0.29) is 5.41 Å². The normalized spacial score (nSPS) is 22.2. The maximum absolute atomic E-state index is 5.70. The first-order chi connectivity index (χ1) is 9.16. The quantitative estimate of drug-likeness (QED) is 0.877. The fourth-order valence-electron chi connectivity index (χ4n) is 3.31. The second kappa shape index (κ2) is 6.53. The van der Waals surface area contributed by atoms with Crippen molar-refractivity contribution in [3.63, 3.8) is 0 Å². The Morgan fingerprint density at radius 2 is 2.05 bits per heavy atom. The van der Waals surface area contributed by atoms with Gasteiger partial charge in [0.05, 0.1) is 6.61 Å². The molecule has 106 valence electrons. The highest BCUT2D eigenvalue weighted by Crippen LogP contribution is 2.34. The molecule has 2 heteroatoms. The summed E-state index contributed by atoms with van der Waals surface area (Å²) in [5.74, 6) is 0.615. The minimum absolute atomic E-state index is 0.128. The van der Waals surface area contributed by atoms with Crippen LogP contribution in [-0.4, -0.2) is 25.8 Å². The van der Waals surface area contributed by atoms with Crippen LogP contribution in [-0.2, 0) is 10.2 Å². The van der Waals surface area contributed by atoms with E-state index in [9.17, 15) is 0 Å². The predicted molar refractivity (Wildman–Crippen MR) is 80.5 cm³/mol. The maximum Gasteiger partial charge on any atom is 0.0509 e. The lowest BCUT2D eigenvalue weighted by Crippen LogP contribution is -2.51. The van der Waals surface area contributed by atoms with E-state index >= 15 is 0 Å². The van der Waals surface area contributed by atoms with Crippen molar-refractivity contribution in [2.75, 3.05) is 19.8 Å². The topological polar surface area (TPSA) is 21.3 Å². The van der Waals surface area contributed by atoms with Gasteiger partial charge in [-0.1, -0.05) is 51.1 Å². The van der Waals surface area contributed by atoms with E-state index < -0.39 is 0 Å². The molecule has 2 atom stereocenters. The minimum Gasteiger partial charge on any atom is -0.381 e. The van der Waals surface area contributed by atoms with Crippen LogP contribution in [0.1, 0.15) is 39.2 Å². The van der Waals surface area contributed by atoms with Crippen LogP contribution in [0.3, 0.4) is 0 Å². The molecule has 0 aliphatic carbocycles. The molecule has 1 aliphatic heterocycles. The molecule has 2 nitrogen and oxygen atoms in total. The average molecular weight is 261 g/mol. The summed E-state index contributed by atoms with van der Waals surface area (Å²) in [6.07, 6.45) is 2.46. The Morgan fingerprint density at radius 1 is 1.32 bits per heavy atom. The summed E-state index contributed by atoms with van der Waals surface area (Å²) in [4.78, 5) is 0. The molecule has 1 aliphatic rings. The Kier molecular flexibility index (Phi) is 5.00. The Hall–Kier alpha value is -0.860. The number of ether oxygens (including phenoxy) is 1. The van der Waals surface area contributed by atoms with Gasteiger partial charge in [-0.2, -0.15) is 0 Å². The van der Waals surface area contributed by atoms with Gasteiger partial charge in [0.15, 0.2) is 0 Å². The van der Waals surface area contributed by atoms with Crippen LogP contribution in [0.15, 0.2) is 30.3 Å². The van der Waals surface area contributed by atoms with E-state index in [1.165, 1.54) is 18.4 Å². The monoisotopic (exact) mass is 261 g/mol. The Balaban J connectivity index is 2.21. The van der Waals surface area contributed by atoms with Gasteiger partial charge in [-0.15, -0.1) is 0 Å². The van der Waals surface area contributed by atoms with Crippen molar-refractivity contribution in [3.8, 4) is 0 Å². The lowest BCUT2D eigenvalue weighted by molar-refractivity contribution is 0.0272. The fraction of sp³-hybridized carbons (Fsp3) is 0.647. The first-order valence-corrected chi connectivity index (χ1v) is 7.53. The number of likely N-dealkylation sites (N-methyl/N-ethyl adjacent to an activating group) is 1. The molecule has 1 N–H and O–H groups in total. The van der Waals surface area contributed by atoms with E-state index in [1.807, 2.05) is 0 Å². The van der Waals surface area contributed by atoms with Crippen LogP contribution in [0.4, 0.5) is 0 Å². The molecule has 0 amide bonds. The van der Waals surface area contributed by atoms with E-state index in [2.05, 4.69) is 56.4 Å². The van der Waals surface area contributed by atoms with Crippen LogP contribution in [0.2, 0.25) is 0 Å². The smallest absolute Gasteiger partial charge is 0.0509 e. The lowest BCUT2D eigenvalue weighted by Gasteiger charge is -2.42. The summed E-state index contributed by atoms with van der Waals surface area (Å²) in [7, 11) is 0. The molecule has 1 aromatic carbocycles. The number of rotatable bonds is 5. The summed E-state index contributed by atoms with van der Waals surface area (Å²) in [6.45, 7) is 9.73. The summed E-state index contributed by atoms with van der Waals surface area (Å²) in [5.41, 5.74) is 1.54. The first kappa shape index (κ1) is 14.5. The van der Waals surface area contributed by atoms with Crippen LogP contribution in [0, 0.1) is 5.92 Å². The van der Waals surface area contributed by atoms with Crippen LogP contribution >= 0.6 is 0 Å². The van der Waals surface area contributed by atoms with Crippen molar-refractivity contribution >= 4 is 0 Å². The van der Waals surface area contributed by atoms with Crippen molar-refractivity contribution in [2.24, 2.45) is 5.92 Å². The molecule has 1 saturated heterocycles. The molecule has 0 saturated carbocycles. The molecule has 1 fully saturated rings. The van der Waals surface area contributed by atoms with Gasteiger partial charge in [-0.3, -0.25) is 0 Å². The summed E-state index contributed by atoms with van der Waals surface area (Å²) >= 11 is 0. The molecule has 0 radical (unpaired) electrons. The highest BCUT2D eigenvalue weighted by molar-refractivity contribution is 5.26. The van der Waals surface area contributed by atoms with Gasteiger partial charge >= 0.3 is 0 Å². The Morgan fingerprint density at radius 3 is 2.63 bits per heavy atom. The predicted octanol–water partition coefficient (Wildman–Crippen LogP) is 3.37. The van der Waals surface area contributed by atoms with Crippen molar-refractivity contribution in [3.05, 3.63) is 35.9 Å². The van der Waals surface area contributed by atoms with E-state index in [4.69, 9.17) is 4.74 Å². The van der Waals surface area contributed by atoms with Crippen LogP contribution < -0.4 is 5.32 Å². The van der Waals surface area contributed by atoms with Crippen molar-refractivity contribution < 1.29 is 4.74 Å². The summed E-state index contributed by atoms with van der Waals surface area (Å²) in [6, 6.07) is 11.3.